The van der Waals surface area contributed by atoms with Gasteiger partial charge in [-0.25, -0.2) is 4.79 Å². The van der Waals surface area contributed by atoms with E-state index >= 15 is 0 Å². The number of aromatic carboxylic acids is 1. The number of carbonyl (C=O) groups is 1. The average Bonchev–Trinajstić information content (AvgIpc) is 2.69. The van der Waals surface area contributed by atoms with Crippen LogP contribution < -0.4 is 11.1 Å². The van der Waals surface area contributed by atoms with E-state index in [4.69, 9.17) is 10.8 Å². The van der Waals surface area contributed by atoms with Crippen molar-refractivity contribution in [3.63, 3.8) is 0 Å². The van der Waals surface area contributed by atoms with E-state index in [0.717, 1.165) is 17.7 Å². The zero-order valence-corrected chi connectivity index (χ0v) is 10.9. The van der Waals surface area contributed by atoms with Crippen molar-refractivity contribution in [2.45, 2.75) is 39.2 Å². The number of nitrogen functional groups attached to an aromatic ring is 1. The van der Waals surface area contributed by atoms with Crippen molar-refractivity contribution in [2.75, 3.05) is 11.1 Å². The summed E-state index contributed by atoms with van der Waals surface area (Å²) in [7, 11) is 0. The molecule has 2 rings (SSSR count). The van der Waals surface area contributed by atoms with Crippen molar-refractivity contribution in [3.8, 4) is 0 Å². The summed E-state index contributed by atoms with van der Waals surface area (Å²) in [5.74, 6) is -0.338. The molecule has 0 saturated heterocycles. The molecule has 0 amide bonds. The van der Waals surface area contributed by atoms with E-state index in [9.17, 15) is 4.79 Å². The summed E-state index contributed by atoms with van der Waals surface area (Å²) >= 11 is 0. The highest BCUT2D eigenvalue weighted by Gasteiger charge is 2.23. The Kier molecular flexibility index (Phi) is 3.45. The Bertz CT molecular complexity index is 471. The van der Waals surface area contributed by atoms with Gasteiger partial charge in [0.25, 0.3) is 0 Å². The van der Waals surface area contributed by atoms with Crippen LogP contribution in [0.1, 0.15) is 42.1 Å². The molecular formula is C14H20N2O2. The first-order valence-electron chi connectivity index (χ1n) is 6.39. The van der Waals surface area contributed by atoms with Gasteiger partial charge < -0.3 is 16.2 Å². The van der Waals surface area contributed by atoms with Crippen LogP contribution in [0.15, 0.2) is 12.1 Å². The number of anilines is 2. The van der Waals surface area contributed by atoms with E-state index in [2.05, 4.69) is 12.2 Å². The van der Waals surface area contributed by atoms with Crippen molar-refractivity contribution in [1.82, 2.24) is 0 Å². The van der Waals surface area contributed by atoms with Crippen LogP contribution in [-0.4, -0.2) is 17.1 Å². The molecular weight excluding hydrogens is 228 g/mol. The molecule has 0 radical (unpaired) electrons. The Balaban J connectivity index is 2.26. The lowest BCUT2D eigenvalue weighted by molar-refractivity contribution is 0.0698. The van der Waals surface area contributed by atoms with E-state index in [-0.39, 0.29) is 5.56 Å². The minimum Gasteiger partial charge on any atom is -0.478 e. The Hall–Kier alpha value is -1.71. The van der Waals surface area contributed by atoms with Gasteiger partial charge >= 0.3 is 5.97 Å². The Labute approximate surface area is 107 Å². The summed E-state index contributed by atoms with van der Waals surface area (Å²) in [5, 5.41) is 12.6. The predicted molar refractivity (Wildman–Crippen MR) is 73.0 cm³/mol. The molecule has 1 aliphatic carbocycles. The number of hydrogen-bond acceptors (Lipinski definition) is 3. The minimum atomic E-state index is -0.973. The van der Waals surface area contributed by atoms with E-state index < -0.39 is 5.97 Å². The standard InChI is InChI=1S/C14H20N2O2/c1-8-4-3-5-12(8)16-10-6-9(2)13(15)11(7-10)14(17)18/h6-8,12,16H,3-5,15H2,1-2H3,(H,17,18). The fourth-order valence-corrected chi connectivity index (χ4v) is 2.63. The van der Waals surface area contributed by atoms with Gasteiger partial charge in [0.1, 0.15) is 0 Å². The maximum absolute atomic E-state index is 11.1. The van der Waals surface area contributed by atoms with Crippen LogP contribution in [0.4, 0.5) is 11.4 Å². The molecule has 0 aliphatic heterocycles. The summed E-state index contributed by atoms with van der Waals surface area (Å²) < 4.78 is 0. The number of rotatable bonds is 3. The molecule has 4 N–H and O–H groups in total. The molecule has 0 spiro atoms. The third kappa shape index (κ3) is 2.42. The van der Waals surface area contributed by atoms with Crippen molar-refractivity contribution in [3.05, 3.63) is 23.3 Å². The van der Waals surface area contributed by atoms with Crippen LogP contribution in [0.3, 0.4) is 0 Å². The quantitative estimate of drug-likeness (QED) is 0.719. The lowest BCUT2D eigenvalue weighted by Crippen LogP contribution is -2.22. The number of aryl methyl sites for hydroxylation is 1. The molecule has 1 aromatic rings. The Morgan fingerprint density at radius 2 is 2.17 bits per heavy atom. The van der Waals surface area contributed by atoms with E-state index in [0.29, 0.717) is 17.6 Å². The SMILES string of the molecule is Cc1cc(NC2CCCC2C)cc(C(=O)O)c1N. The van der Waals surface area contributed by atoms with Gasteiger partial charge in [0.15, 0.2) is 0 Å². The summed E-state index contributed by atoms with van der Waals surface area (Å²) in [6.07, 6.45) is 3.61. The second-order valence-electron chi connectivity index (χ2n) is 5.22. The Morgan fingerprint density at radius 1 is 1.44 bits per heavy atom. The first-order valence-corrected chi connectivity index (χ1v) is 6.39. The maximum Gasteiger partial charge on any atom is 0.337 e. The molecule has 2 unspecified atom stereocenters. The van der Waals surface area contributed by atoms with Crippen molar-refractivity contribution in [2.24, 2.45) is 5.92 Å². The van der Waals surface area contributed by atoms with Crippen molar-refractivity contribution < 1.29 is 9.90 Å². The second kappa shape index (κ2) is 4.88. The van der Waals surface area contributed by atoms with E-state index in [1.54, 1.807) is 6.07 Å². The van der Waals surface area contributed by atoms with Crippen LogP contribution in [0.2, 0.25) is 0 Å². The van der Waals surface area contributed by atoms with Crippen molar-refractivity contribution in [1.29, 1.82) is 0 Å². The smallest absolute Gasteiger partial charge is 0.337 e. The summed E-state index contributed by atoms with van der Waals surface area (Å²) in [4.78, 5) is 11.1. The second-order valence-corrected chi connectivity index (χ2v) is 5.22. The highest BCUT2D eigenvalue weighted by molar-refractivity contribution is 5.95. The molecule has 0 bridgehead atoms. The lowest BCUT2D eigenvalue weighted by atomic mass is 10.0. The number of benzene rings is 1. The number of hydrogen-bond donors (Lipinski definition) is 3. The highest BCUT2D eigenvalue weighted by atomic mass is 16.4. The Morgan fingerprint density at radius 3 is 2.72 bits per heavy atom. The number of carboxylic acids is 1. The van der Waals surface area contributed by atoms with Crippen LogP contribution in [0.25, 0.3) is 0 Å². The van der Waals surface area contributed by atoms with E-state index in [1.165, 1.54) is 12.8 Å². The third-order valence-electron chi connectivity index (χ3n) is 3.83. The molecule has 0 aromatic heterocycles. The molecule has 1 saturated carbocycles. The van der Waals surface area contributed by atoms with E-state index in [1.807, 2.05) is 13.0 Å². The van der Waals surface area contributed by atoms with Crippen molar-refractivity contribution >= 4 is 17.3 Å². The number of nitrogens with two attached hydrogens (primary N) is 1. The molecule has 1 aliphatic rings. The molecule has 4 heteroatoms. The zero-order chi connectivity index (χ0) is 13.3. The first-order chi connectivity index (χ1) is 8.49. The first kappa shape index (κ1) is 12.7. The van der Waals surface area contributed by atoms with Crippen LogP contribution in [0, 0.1) is 12.8 Å². The minimum absolute atomic E-state index is 0.183. The summed E-state index contributed by atoms with van der Waals surface area (Å²) in [6, 6.07) is 4.00. The predicted octanol–water partition coefficient (Wildman–Crippen LogP) is 2.88. The number of nitrogens with one attached hydrogen (secondary N) is 1. The van der Waals surface area contributed by atoms with Crippen LogP contribution in [-0.2, 0) is 0 Å². The zero-order valence-electron chi connectivity index (χ0n) is 10.9. The van der Waals surface area contributed by atoms with Gasteiger partial charge in [0.2, 0.25) is 0 Å². The normalized spacial score (nSPS) is 23.0. The van der Waals surface area contributed by atoms with Crippen LogP contribution >= 0.6 is 0 Å². The topological polar surface area (TPSA) is 75.3 Å². The van der Waals surface area contributed by atoms with Gasteiger partial charge in [-0.2, -0.15) is 0 Å². The maximum atomic E-state index is 11.1. The van der Waals surface area contributed by atoms with Gasteiger partial charge in [0, 0.05) is 17.4 Å². The summed E-state index contributed by atoms with van der Waals surface area (Å²) in [5.41, 5.74) is 7.98. The fourth-order valence-electron chi connectivity index (χ4n) is 2.63. The third-order valence-corrected chi connectivity index (χ3v) is 3.83. The van der Waals surface area contributed by atoms with Gasteiger partial charge in [-0.3, -0.25) is 0 Å². The fraction of sp³-hybridized carbons (Fsp3) is 0.500. The molecule has 1 fully saturated rings. The van der Waals surface area contributed by atoms with Gasteiger partial charge in [-0.15, -0.1) is 0 Å². The molecule has 98 valence electrons. The molecule has 4 nitrogen and oxygen atoms in total. The lowest BCUT2D eigenvalue weighted by Gasteiger charge is -2.20. The molecule has 18 heavy (non-hydrogen) atoms. The summed E-state index contributed by atoms with van der Waals surface area (Å²) in [6.45, 7) is 4.07. The average molecular weight is 248 g/mol. The van der Waals surface area contributed by atoms with Gasteiger partial charge in [-0.05, 0) is 43.4 Å². The number of carboxylic acid groups (broad SMARTS) is 1. The molecule has 1 aromatic carbocycles. The van der Waals surface area contributed by atoms with Gasteiger partial charge in [-0.1, -0.05) is 13.3 Å². The molecule has 0 heterocycles. The molecule has 2 atom stereocenters. The highest BCUT2D eigenvalue weighted by Crippen LogP contribution is 2.30. The monoisotopic (exact) mass is 248 g/mol. The van der Waals surface area contributed by atoms with Crippen LogP contribution in [0.5, 0.6) is 0 Å². The largest absolute Gasteiger partial charge is 0.478 e. The van der Waals surface area contributed by atoms with Gasteiger partial charge in [0.05, 0.1) is 5.56 Å².